The monoisotopic (exact) mass is 208 g/mol. The highest BCUT2D eigenvalue weighted by Gasteiger charge is 2.48. The van der Waals surface area contributed by atoms with Crippen molar-refractivity contribution in [1.29, 1.82) is 0 Å². The fraction of sp³-hybridized carbons (Fsp3) is 0.600. The van der Waals surface area contributed by atoms with Gasteiger partial charge in [-0.05, 0) is 12.8 Å². The third-order valence-corrected chi connectivity index (χ3v) is 2.94. The van der Waals surface area contributed by atoms with Crippen LogP contribution in [0.3, 0.4) is 0 Å². The van der Waals surface area contributed by atoms with Gasteiger partial charge in [0.05, 0.1) is 11.6 Å². The van der Waals surface area contributed by atoms with Crippen molar-refractivity contribution in [2.75, 3.05) is 6.54 Å². The maximum absolute atomic E-state index is 11.7. The van der Waals surface area contributed by atoms with Gasteiger partial charge in [0.15, 0.2) is 0 Å². The third-order valence-electron chi connectivity index (χ3n) is 2.94. The molecule has 0 bridgehead atoms. The maximum Gasteiger partial charge on any atom is 0.227 e. The minimum atomic E-state index is -0.262. The zero-order chi connectivity index (χ0) is 10.9. The summed E-state index contributed by atoms with van der Waals surface area (Å²) >= 11 is 0. The first-order chi connectivity index (χ1) is 7.16. The second-order valence-corrected chi connectivity index (χ2v) is 4.19. The molecule has 0 unspecified atom stereocenters. The van der Waals surface area contributed by atoms with Crippen LogP contribution in [0, 0.1) is 5.41 Å². The smallest absolute Gasteiger partial charge is 0.227 e. The van der Waals surface area contributed by atoms with E-state index in [0.717, 1.165) is 18.4 Å². The van der Waals surface area contributed by atoms with Crippen molar-refractivity contribution in [3.63, 3.8) is 0 Å². The van der Waals surface area contributed by atoms with E-state index in [4.69, 9.17) is 5.73 Å². The topological polar surface area (TPSA) is 72.9 Å². The van der Waals surface area contributed by atoms with E-state index in [2.05, 4.69) is 10.4 Å². The molecule has 0 aromatic carbocycles. The van der Waals surface area contributed by atoms with Crippen LogP contribution in [0.1, 0.15) is 18.4 Å². The first kappa shape index (κ1) is 10.2. The molecule has 1 amide bonds. The normalized spacial score (nSPS) is 17.5. The molecule has 1 aliphatic rings. The molecule has 0 atom stereocenters. The molecule has 0 saturated heterocycles. The number of rotatable bonds is 4. The average molecular weight is 208 g/mol. The number of nitrogens with two attached hydrogens (primary N) is 1. The lowest BCUT2D eigenvalue weighted by Gasteiger charge is -2.11. The summed E-state index contributed by atoms with van der Waals surface area (Å²) in [6, 6.07) is 0. The van der Waals surface area contributed by atoms with Crippen molar-refractivity contribution in [1.82, 2.24) is 15.1 Å². The van der Waals surface area contributed by atoms with E-state index in [0.29, 0.717) is 13.1 Å². The number of amides is 1. The summed E-state index contributed by atoms with van der Waals surface area (Å²) < 4.78 is 1.72. The molecule has 3 N–H and O–H groups in total. The zero-order valence-corrected chi connectivity index (χ0v) is 8.86. The number of hydrogen-bond donors (Lipinski definition) is 2. The Bertz CT molecular complexity index is 367. The molecule has 1 aromatic rings. The summed E-state index contributed by atoms with van der Waals surface area (Å²) in [5.74, 6) is 0.0776. The molecule has 0 aliphatic heterocycles. The molecule has 1 saturated carbocycles. The Balaban J connectivity index is 1.86. The van der Waals surface area contributed by atoms with E-state index in [9.17, 15) is 4.79 Å². The fourth-order valence-electron chi connectivity index (χ4n) is 1.61. The second-order valence-electron chi connectivity index (χ2n) is 4.19. The highest BCUT2D eigenvalue weighted by molar-refractivity contribution is 5.85. The Labute approximate surface area is 88.6 Å². The van der Waals surface area contributed by atoms with Gasteiger partial charge in [0.2, 0.25) is 5.91 Å². The molecule has 82 valence electrons. The zero-order valence-electron chi connectivity index (χ0n) is 8.86. The van der Waals surface area contributed by atoms with E-state index in [1.54, 1.807) is 10.9 Å². The van der Waals surface area contributed by atoms with Crippen LogP contribution < -0.4 is 11.1 Å². The lowest BCUT2D eigenvalue weighted by Crippen LogP contribution is -2.36. The number of carbonyl (C=O) groups excluding carboxylic acids is 1. The molecule has 1 aromatic heterocycles. The Hall–Kier alpha value is -1.36. The minimum Gasteiger partial charge on any atom is -0.351 e. The van der Waals surface area contributed by atoms with E-state index >= 15 is 0 Å². The fourth-order valence-corrected chi connectivity index (χ4v) is 1.61. The molecular weight excluding hydrogens is 192 g/mol. The van der Waals surface area contributed by atoms with Crippen LogP contribution in [0.15, 0.2) is 12.4 Å². The van der Waals surface area contributed by atoms with Crippen LogP contribution in [-0.4, -0.2) is 22.2 Å². The molecule has 1 fully saturated rings. The summed E-state index contributed by atoms with van der Waals surface area (Å²) in [5, 5.41) is 6.93. The predicted octanol–water partition coefficient (Wildman–Crippen LogP) is -0.225. The molecule has 1 heterocycles. The van der Waals surface area contributed by atoms with E-state index in [1.165, 1.54) is 0 Å². The first-order valence-electron chi connectivity index (χ1n) is 5.12. The Morgan fingerprint density at radius 1 is 1.73 bits per heavy atom. The quantitative estimate of drug-likeness (QED) is 0.718. The van der Waals surface area contributed by atoms with Gasteiger partial charge in [-0.2, -0.15) is 5.10 Å². The molecule has 0 radical (unpaired) electrons. The minimum absolute atomic E-state index is 0.0776. The lowest BCUT2D eigenvalue weighted by atomic mass is 10.1. The standard InChI is InChI=1S/C10H16N4O/c1-14-6-8(5-13-14)4-12-9(15)10(7-11)2-3-10/h5-6H,2-4,7,11H2,1H3,(H,12,15). The van der Waals surface area contributed by atoms with Gasteiger partial charge >= 0.3 is 0 Å². The van der Waals surface area contributed by atoms with Gasteiger partial charge in [-0.3, -0.25) is 9.48 Å². The summed E-state index contributed by atoms with van der Waals surface area (Å²) in [5.41, 5.74) is 6.32. The van der Waals surface area contributed by atoms with Crippen molar-refractivity contribution in [2.45, 2.75) is 19.4 Å². The van der Waals surface area contributed by atoms with Crippen LogP contribution in [0.5, 0.6) is 0 Å². The number of hydrogen-bond acceptors (Lipinski definition) is 3. The largest absolute Gasteiger partial charge is 0.351 e. The van der Waals surface area contributed by atoms with Crippen LogP contribution in [0.25, 0.3) is 0 Å². The third kappa shape index (κ3) is 2.02. The van der Waals surface area contributed by atoms with Crippen LogP contribution in [-0.2, 0) is 18.4 Å². The highest BCUT2D eigenvalue weighted by atomic mass is 16.2. The van der Waals surface area contributed by atoms with Crippen molar-refractivity contribution < 1.29 is 4.79 Å². The van der Waals surface area contributed by atoms with Crippen LogP contribution in [0.2, 0.25) is 0 Å². The number of aromatic nitrogens is 2. The van der Waals surface area contributed by atoms with Gasteiger partial charge < -0.3 is 11.1 Å². The second kappa shape index (κ2) is 3.66. The summed E-state index contributed by atoms with van der Waals surface area (Å²) in [6.45, 7) is 0.986. The van der Waals surface area contributed by atoms with Gasteiger partial charge in [0.1, 0.15) is 0 Å². The number of carbonyl (C=O) groups is 1. The first-order valence-corrected chi connectivity index (χ1v) is 5.12. The number of nitrogens with zero attached hydrogens (tertiary/aromatic N) is 2. The Kier molecular flexibility index (Phi) is 2.48. The number of aryl methyl sites for hydroxylation is 1. The van der Waals surface area contributed by atoms with Gasteiger partial charge in [0, 0.05) is 31.9 Å². The summed E-state index contributed by atoms with van der Waals surface area (Å²) in [6.07, 6.45) is 5.48. The molecule has 5 nitrogen and oxygen atoms in total. The molecule has 5 heteroatoms. The van der Waals surface area contributed by atoms with Gasteiger partial charge in [-0.1, -0.05) is 0 Å². The maximum atomic E-state index is 11.7. The average Bonchev–Trinajstić information content (AvgIpc) is 2.93. The van der Waals surface area contributed by atoms with E-state index < -0.39 is 0 Å². The Morgan fingerprint density at radius 3 is 2.93 bits per heavy atom. The molecule has 15 heavy (non-hydrogen) atoms. The lowest BCUT2D eigenvalue weighted by molar-refractivity contribution is -0.126. The summed E-state index contributed by atoms with van der Waals surface area (Å²) in [7, 11) is 1.85. The van der Waals surface area contributed by atoms with E-state index in [-0.39, 0.29) is 11.3 Å². The van der Waals surface area contributed by atoms with Crippen molar-refractivity contribution in [2.24, 2.45) is 18.2 Å². The molecule has 2 rings (SSSR count). The highest BCUT2D eigenvalue weighted by Crippen LogP contribution is 2.44. The molecule has 0 spiro atoms. The van der Waals surface area contributed by atoms with Gasteiger partial charge in [0.25, 0.3) is 0 Å². The van der Waals surface area contributed by atoms with Crippen molar-refractivity contribution in [3.05, 3.63) is 18.0 Å². The SMILES string of the molecule is Cn1cc(CNC(=O)C2(CN)CC2)cn1. The van der Waals surface area contributed by atoms with Crippen molar-refractivity contribution >= 4 is 5.91 Å². The predicted molar refractivity (Wildman–Crippen MR) is 55.8 cm³/mol. The van der Waals surface area contributed by atoms with E-state index in [1.807, 2.05) is 13.2 Å². The molecular formula is C10H16N4O. The van der Waals surface area contributed by atoms with Crippen LogP contribution in [0.4, 0.5) is 0 Å². The van der Waals surface area contributed by atoms with Crippen molar-refractivity contribution in [3.8, 4) is 0 Å². The van der Waals surface area contributed by atoms with Crippen LogP contribution >= 0.6 is 0 Å². The number of nitrogens with one attached hydrogen (secondary N) is 1. The van der Waals surface area contributed by atoms with Gasteiger partial charge in [-0.15, -0.1) is 0 Å². The van der Waals surface area contributed by atoms with Gasteiger partial charge in [-0.25, -0.2) is 0 Å². The summed E-state index contributed by atoms with van der Waals surface area (Å²) in [4.78, 5) is 11.7. The molecule has 1 aliphatic carbocycles. The Morgan fingerprint density at radius 2 is 2.47 bits per heavy atom.